The van der Waals surface area contributed by atoms with Crippen molar-refractivity contribution in [3.63, 3.8) is 0 Å². The first kappa shape index (κ1) is 12.9. The van der Waals surface area contributed by atoms with E-state index >= 15 is 0 Å². The van der Waals surface area contributed by atoms with Crippen molar-refractivity contribution in [3.05, 3.63) is 0 Å². The number of carbonyl (C=O) groups is 1. The molecule has 1 fully saturated rings. The van der Waals surface area contributed by atoms with E-state index in [1.54, 1.807) is 6.92 Å². The number of carbonyl (C=O) groups excluding carboxylic acids is 1. The van der Waals surface area contributed by atoms with Gasteiger partial charge in [-0.2, -0.15) is 0 Å². The van der Waals surface area contributed by atoms with Gasteiger partial charge in [0.25, 0.3) is 0 Å². The number of nitrogens with zero attached hydrogens (tertiary/aromatic N) is 1. The van der Waals surface area contributed by atoms with Crippen molar-refractivity contribution in [3.8, 4) is 0 Å². The highest BCUT2D eigenvalue weighted by Gasteiger charge is 2.24. The minimum Gasteiger partial charge on any atom is -0.363 e. The zero-order valence-corrected chi connectivity index (χ0v) is 10.3. The zero-order chi connectivity index (χ0) is 11.3. The van der Waals surface area contributed by atoms with Crippen LogP contribution in [0.25, 0.3) is 0 Å². The van der Waals surface area contributed by atoms with Gasteiger partial charge in [0.1, 0.15) is 5.78 Å². The highest BCUT2D eigenvalue weighted by Crippen LogP contribution is 2.21. The third-order valence-electron chi connectivity index (χ3n) is 3.23. The Bertz CT molecular complexity index is 214. The molecule has 0 spiro atoms. The molecule has 82 valence electrons. The quantitative estimate of drug-likeness (QED) is 0.539. The van der Waals surface area contributed by atoms with Crippen LogP contribution in [0.15, 0.2) is 0 Å². The maximum Gasteiger partial charge on any atom is 0.186 e. The first-order chi connectivity index (χ1) is 7.13. The lowest BCUT2D eigenvalue weighted by Crippen LogP contribution is -2.45. The van der Waals surface area contributed by atoms with E-state index in [2.05, 4.69) is 25.8 Å². The fourth-order valence-corrected chi connectivity index (χ4v) is 2.52. The maximum atomic E-state index is 11.0. The Morgan fingerprint density at radius 1 is 1.60 bits per heavy atom. The van der Waals surface area contributed by atoms with Crippen LogP contribution in [-0.4, -0.2) is 52.2 Å². The molecule has 3 nitrogen and oxygen atoms in total. The Hall–Kier alpha value is -0.215. The van der Waals surface area contributed by atoms with Crippen LogP contribution in [0.2, 0.25) is 0 Å². The fourth-order valence-electron chi connectivity index (χ4n) is 2.52. The lowest BCUT2D eigenvalue weighted by atomic mass is 9.66. The molecular formula is C9H21B3N2O. The number of hydrogen-bond acceptors (Lipinski definition) is 3. The molecule has 1 aliphatic carbocycles. The second kappa shape index (κ2) is 6.39. The summed E-state index contributed by atoms with van der Waals surface area (Å²) in [6.45, 7) is 2.27. The van der Waals surface area contributed by atoms with Crippen LogP contribution in [0, 0.1) is 0 Å². The third kappa shape index (κ3) is 4.43. The molecule has 0 radical (unpaired) electrons. The highest BCUT2D eigenvalue weighted by atomic mass is 16.1. The average Bonchev–Trinajstić information content (AvgIpc) is 2.17. The number of hydrogen-bond donors (Lipinski definition) is 1. The van der Waals surface area contributed by atoms with Gasteiger partial charge in [0.2, 0.25) is 0 Å². The summed E-state index contributed by atoms with van der Waals surface area (Å²) in [6.07, 6.45) is 5.01. The summed E-state index contributed by atoms with van der Waals surface area (Å²) in [5.41, 5.74) is 0. The van der Waals surface area contributed by atoms with Crippen LogP contribution in [0.1, 0.15) is 32.6 Å². The minimum atomic E-state index is 0.267. The van der Waals surface area contributed by atoms with E-state index in [1.807, 2.05) is 0 Å². The van der Waals surface area contributed by atoms with Crippen LogP contribution < -0.4 is 5.23 Å². The third-order valence-corrected chi connectivity index (χ3v) is 3.23. The Balaban J connectivity index is 2.37. The molecule has 2 atom stereocenters. The number of ketones is 1. The molecule has 0 aromatic carbocycles. The topological polar surface area (TPSA) is 32.3 Å². The van der Waals surface area contributed by atoms with Gasteiger partial charge in [0, 0.05) is 12.6 Å². The van der Waals surface area contributed by atoms with Gasteiger partial charge in [-0.05, 0) is 32.2 Å². The van der Waals surface area contributed by atoms with E-state index in [1.165, 1.54) is 25.7 Å². The largest absolute Gasteiger partial charge is 0.363 e. The summed E-state index contributed by atoms with van der Waals surface area (Å²) in [4.78, 5) is 13.3. The molecule has 15 heavy (non-hydrogen) atoms. The van der Waals surface area contributed by atoms with Gasteiger partial charge in [0.15, 0.2) is 15.3 Å². The highest BCUT2D eigenvalue weighted by molar-refractivity contribution is 6.87. The number of nitrogens with one attached hydrogen (secondary N) is 1. The predicted molar refractivity (Wildman–Crippen MR) is 70.8 cm³/mol. The molecule has 0 aromatic heterocycles. The molecule has 0 aliphatic heterocycles. The van der Waals surface area contributed by atoms with E-state index in [0.29, 0.717) is 18.6 Å². The van der Waals surface area contributed by atoms with Crippen LogP contribution in [0.3, 0.4) is 0 Å². The smallest absolute Gasteiger partial charge is 0.186 e. The summed E-state index contributed by atoms with van der Waals surface area (Å²) in [6, 6.07) is 1.25. The molecule has 1 saturated carbocycles. The van der Waals surface area contributed by atoms with Gasteiger partial charge in [-0.3, -0.25) is 4.79 Å². The molecule has 2 unspecified atom stereocenters. The monoisotopic (exact) mass is 206 g/mol. The van der Waals surface area contributed by atoms with Crippen LogP contribution in [0.5, 0.6) is 0 Å². The first-order valence-corrected chi connectivity index (χ1v) is 6.06. The average molecular weight is 206 g/mol. The van der Waals surface area contributed by atoms with Gasteiger partial charge in [-0.1, -0.05) is 6.42 Å². The zero-order valence-electron chi connectivity index (χ0n) is 10.3. The Morgan fingerprint density at radius 2 is 2.33 bits per heavy atom. The Labute approximate surface area is 95.4 Å². The summed E-state index contributed by atoms with van der Waals surface area (Å²) < 4.78 is 0. The van der Waals surface area contributed by atoms with Crippen molar-refractivity contribution < 1.29 is 4.79 Å². The minimum absolute atomic E-state index is 0.267. The SMILES string of the molecule is BBNC1CCCC(N(B)CC(C)=O)C1. The van der Waals surface area contributed by atoms with E-state index in [4.69, 9.17) is 0 Å². The van der Waals surface area contributed by atoms with Crippen molar-refractivity contribution in [2.75, 3.05) is 6.54 Å². The Morgan fingerprint density at radius 3 is 2.93 bits per heavy atom. The molecule has 6 heteroatoms. The molecular weight excluding hydrogens is 185 g/mol. The number of rotatable bonds is 5. The molecule has 0 bridgehead atoms. The molecule has 0 amide bonds. The maximum absolute atomic E-state index is 11.0. The second-order valence-corrected chi connectivity index (χ2v) is 4.69. The molecule has 1 N–H and O–H groups in total. The van der Waals surface area contributed by atoms with Gasteiger partial charge in [-0.25, -0.2) is 0 Å². The van der Waals surface area contributed by atoms with Crippen LogP contribution >= 0.6 is 0 Å². The van der Waals surface area contributed by atoms with Crippen molar-refractivity contribution in [2.24, 2.45) is 0 Å². The number of Topliss-reactive ketones (excluding diaryl/α,β-unsaturated/α-hetero) is 1. The van der Waals surface area contributed by atoms with E-state index in [-0.39, 0.29) is 5.78 Å². The van der Waals surface area contributed by atoms with Gasteiger partial charge >= 0.3 is 0 Å². The first-order valence-electron chi connectivity index (χ1n) is 6.06. The van der Waals surface area contributed by atoms with Crippen molar-refractivity contribution in [1.82, 2.24) is 10.0 Å². The predicted octanol–water partition coefficient (Wildman–Crippen LogP) is -1.77. The molecule has 0 aromatic rings. The fraction of sp³-hybridized carbons (Fsp3) is 0.889. The normalized spacial score (nSPS) is 26.5. The van der Waals surface area contributed by atoms with E-state index in [0.717, 1.165) is 7.31 Å². The second-order valence-electron chi connectivity index (χ2n) is 4.69. The lowest BCUT2D eigenvalue weighted by Gasteiger charge is -2.35. The molecule has 0 saturated heterocycles. The Kier molecular flexibility index (Phi) is 5.47. The van der Waals surface area contributed by atoms with E-state index in [9.17, 15) is 4.79 Å². The summed E-state index contributed by atoms with van der Waals surface area (Å²) in [5, 5.41) is 3.51. The van der Waals surface area contributed by atoms with Crippen LogP contribution in [0.4, 0.5) is 0 Å². The molecule has 0 heterocycles. The standard InChI is InChI=1S/C9H21B3N2O/c1-7(15)6-14(11)9-4-2-3-8(5-9)13-12-10/h8-9,12-13H,2-6,10-11H2,1H3. The summed E-state index contributed by atoms with van der Waals surface area (Å²) in [5.74, 6) is 0.267. The van der Waals surface area contributed by atoms with Gasteiger partial charge in [0.05, 0.1) is 7.74 Å². The van der Waals surface area contributed by atoms with Crippen molar-refractivity contribution >= 4 is 28.8 Å². The van der Waals surface area contributed by atoms with Crippen LogP contribution in [-0.2, 0) is 4.79 Å². The van der Waals surface area contributed by atoms with Crippen molar-refractivity contribution in [2.45, 2.75) is 44.7 Å². The molecule has 1 aliphatic rings. The van der Waals surface area contributed by atoms with Gasteiger partial charge in [-0.15, -0.1) is 0 Å². The summed E-state index contributed by atoms with van der Waals surface area (Å²) in [7, 11) is 5.27. The summed E-state index contributed by atoms with van der Waals surface area (Å²) >= 11 is 0. The van der Waals surface area contributed by atoms with Crippen molar-refractivity contribution in [1.29, 1.82) is 0 Å². The lowest BCUT2D eigenvalue weighted by molar-refractivity contribution is -0.117. The molecule has 1 rings (SSSR count). The van der Waals surface area contributed by atoms with E-state index < -0.39 is 0 Å². The van der Waals surface area contributed by atoms with Gasteiger partial charge < -0.3 is 10.0 Å².